The molecule has 0 spiro atoms. The molecule has 1 saturated carbocycles. The van der Waals surface area contributed by atoms with Crippen LogP contribution < -0.4 is 10.1 Å². The number of methoxy groups -OCH3 is 1. The molecule has 7 heteroatoms. The van der Waals surface area contributed by atoms with Gasteiger partial charge in [0.2, 0.25) is 17.7 Å². The van der Waals surface area contributed by atoms with E-state index < -0.39 is 0 Å². The Bertz CT molecular complexity index is 985. The van der Waals surface area contributed by atoms with Gasteiger partial charge in [-0.2, -0.15) is 0 Å². The number of benzene rings is 1. The first-order chi connectivity index (χ1) is 13.0. The van der Waals surface area contributed by atoms with Crippen molar-refractivity contribution in [1.29, 1.82) is 0 Å². The summed E-state index contributed by atoms with van der Waals surface area (Å²) in [5, 5.41) is 11.2. The van der Waals surface area contributed by atoms with Crippen LogP contribution in [0.15, 0.2) is 34.7 Å². The van der Waals surface area contributed by atoms with Crippen LogP contribution >= 0.6 is 0 Å². The van der Waals surface area contributed by atoms with Crippen LogP contribution in [0.2, 0.25) is 0 Å². The molecule has 27 heavy (non-hydrogen) atoms. The van der Waals surface area contributed by atoms with Crippen molar-refractivity contribution in [2.45, 2.75) is 39.2 Å². The summed E-state index contributed by atoms with van der Waals surface area (Å²) in [6.07, 6.45) is 2.23. The van der Waals surface area contributed by atoms with Gasteiger partial charge in [-0.3, -0.25) is 4.79 Å². The van der Waals surface area contributed by atoms with E-state index in [0.717, 1.165) is 29.8 Å². The first-order valence-electron chi connectivity index (χ1n) is 8.99. The van der Waals surface area contributed by atoms with Gasteiger partial charge in [-0.05, 0) is 44.9 Å². The Kier molecular flexibility index (Phi) is 4.43. The van der Waals surface area contributed by atoms with Crippen LogP contribution in [0.3, 0.4) is 0 Å². The van der Waals surface area contributed by atoms with Crippen molar-refractivity contribution in [3.63, 3.8) is 0 Å². The lowest BCUT2D eigenvalue weighted by molar-refractivity contribution is -0.116. The molecule has 1 aliphatic rings. The molecule has 0 bridgehead atoms. The molecule has 1 N–H and O–H groups in total. The minimum absolute atomic E-state index is 0.110. The van der Waals surface area contributed by atoms with Gasteiger partial charge in [-0.1, -0.05) is 6.07 Å². The van der Waals surface area contributed by atoms with Gasteiger partial charge in [0.05, 0.1) is 12.7 Å². The fraction of sp³-hybridized carbons (Fsp3) is 0.350. The zero-order chi connectivity index (χ0) is 19.0. The lowest BCUT2D eigenvalue weighted by Gasteiger charge is -2.11. The highest BCUT2D eigenvalue weighted by atomic mass is 16.5. The normalized spacial score (nSPS) is 13.6. The zero-order valence-corrected chi connectivity index (χ0v) is 15.7. The standard InChI is InChI=1S/C20H22N4O3/c1-12-9-17(20-23-22-19(27-20)14-7-8-14)13(2)24(12)11-18(25)21-15-5-4-6-16(10-15)26-3/h4-6,9-10,14H,7-8,11H2,1-3H3,(H,21,25). The number of hydrogen-bond acceptors (Lipinski definition) is 5. The van der Waals surface area contributed by atoms with Gasteiger partial charge >= 0.3 is 0 Å². The van der Waals surface area contributed by atoms with Crippen molar-refractivity contribution in [2.24, 2.45) is 0 Å². The number of ether oxygens (including phenoxy) is 1. The summed E-state index contributed by atoms with van der Waals surface area (Å²) in [5.41, 5.74) is 3.47. The fourth-order valence-corrected chi connectivity index (χ4v) is 3.14. The summed E-state index contributed by atoms with van der Waals surface area (Å²) in [6.45, 7) is 4.13. The second kappa shape index (κ2) is 6.90. The van der Waals surface area contributed by atoms with Crippen LogP contribution in [0.1, 0.15) is 36.0 Å². The van der Waals surface area contributed by atoms with Gasteiger partial charge in [0.1, 0.15) is 12.3 Å². The van der Waals surface area contributed by atoms with Crippen LogP contribution in [0.4, 0.5) is 5.69 Å². The highest BCUT2D eigenvalue weighted by molar-refractivity contribution is 5.91. The molecule has 0 radical (unpaired) electrons. The molecule has 0 saturated heterocycles. The van der Waals surface area contributed by atoms with E-state index in [1.54, 1.807) is 13.2 Å². The number of nitrogens with zero attached hydrogens (tertiary/aromatic N) is 3. The minimum atomic E-state index is -0.110. The van der Waals surface area contributed by atoms with Crippen LogP contribution in [0.5, 0.6) is 5.75 Å². The Morgan fingerprint density at radius 1 is 1.30 bits per heavy atom. The predicted octanol–water partition coefficient (Wildman–Crippen LogP) is 3.68. The molecule has 2 aromatic heterocycles. The Morgan fingerprint density at radius 2 is 2.11 bits per heavy atom. The van der Waals surface area contributed by atoms with Crippen molar-refractivity contribution in [3.8, 4) is 17.2 Å². The van der Waals surface area contributed by atoms with Crippen LogP contribution in [-0.4, -0.2) is 27.8 Å². The second-order valence-corrected chi connectivity index (χ2v) is 6.87. The summed E-state index contributed by atoms with van der Waals surface area (Å²) >= 11 is 0. The van der Waals surface area contributed by atoms with Crippen molar-refractivity contribution in [2.75, 3.05) is 12.4 Å². The number of carbonyl (C=O) groups is 1. The lowest BCUT2D eigenvalue weighted by Crippen LogP contribution is -2.20. The number of aryl methyl sites for hydroxylation is 1. The van der Waals surface area contributed by atoms with E-state index in [9.17, 15) is 4.79 Å². The molecule has 3 aromatic rings. The summed E-state index contributed by atoms with van der Waals surface area (Å²) < 4.78 is 13.0. The van der Waals surface area contributed by atoms with E-state index >= 15 is 0 Å². The molecule has 1 aromatic carbocycles. The van der Waals surface area contributed by atoms with Gasteiger partial charge in [-0.15, -0.1) is 10.2 Å². The monoisotopic (exact) mass is 366 g/mol. The fourth-order valence-electron chi connectivity index (χ4n) is 3.14. The summed E-state index contributed by atoms with van der Waals surface area (Å²) in [6, 6.07) is 9.28. The molecular weight excluding hydrogens is 344 g/mol. The van der Waals surface area contributed by atoms with Crippen LogP contribution in [-0.2, 0) is 11.3 Å². The zero-order valence-electron chi connectivity index (χ0n) is 15.7. The molecule has 0 aliphatic heterocycles. The second-order valence-electron chi connectivity index (χ2n) is 6.87. The average molecular weight is 366 g/mol. The maximum absolute atomic E-state index is 12.5. The maximum Gasteiger partial charge on any atom is 0.249 e. The van der Waals surface area contributed by atoms with Crippen molar-refractivity contribution < 1.29 is 13.9 Å². The Hall–Kier alpha value is -3.09. The molecule has 7 nitrogen and oxygen atoms in total. The molecule has 2 heterocycles. The number of rotatable bonds is 6. The van der Waals surface area contributed by atoms with E-state index in [1.165, 1.54) is 0 Å². The van der Waals surface area contributed by atoms with E-state index in [1.807, 2.05) is 42.7 Å². The van der Waals surface area contributed by atoms with Gasteiger partial charge in [0.15, 0.2) is 0 Å². The largest absolute Gasteiger partial charge is 0.497 e. The number of nitrogens with one attached hydrogen (secondary N) is 1. The van der Waals surface area contributed by atoms with Gasteiger partial charge in [0, 0.05) is 29.1 Å². The van der Waals surface area contributed by atoms with E-state index in [2.05, 4.69) is 15.5 Å². The number of anilines is 1. The topological polar surface area (TPSA) is 82.2 Å². The molecule has 0 atom stereocenters. The van der Waals surface area contributed by atoms with Crippen molar-refractivity contribution >= 4 is 11.6 Å². The minimum Gasteiger partial charge on any atom is -0.497 e. The van der Waals surface area contributed by atoms with Gasteiger partial charge < -0.3 is 19.0 Å². The highest BCUT2D eigenvalue weighted by Crippen LogP contribution is 2.40. The number of carbonyl (C=O) groups excluding carboxylic acids is 1. The Balaban J connectivity index is 1.51. The van der Waals surface area contributed by atoms with E-state index in [4.69, 9.17) is 9.15 Å². The third-order valence-electron chi connectivity index (χ3n) is 4.83. The van der Waals surface area contributed by atoms with Crippen molar-refractivity contribution in [3.05, 3.63) is 47.6 Å². The molecule has 1 fully saturated rings. The number of amides is 1. The Labute approximate surface area is 157 Å². The molecule has 4 rings (SSSR count). The molecule has 1 amide bonds. The van der Waals surface area contributed by atoms with Crippen molar-refractivity contribution in [1.82, 2.24) is 14.8 Å². The quantitative estimate of drug-likeness (QED) is 0.720. The number of hydrogen-bond donors (Lipinski definition) is 1. The van der Waals surface area contributed by atoms with Crippen LogP contribution in [0.25, 0.3) is 11.5 Å². The molecule has 0 unspecified atom stereocenters. The SMILES string of the molecule is COc1cccc(NC(=O)Cn2c(C)cc(-c3nnc(C4CC4)o3)c2C)c1. The first-order valence-corrected chi connectivity index (χ1v) is 8.99. The molecule has 1 aliphatic carbocycles. The third-order valence-corrected chi connectivity index (χ3v) is 4.83. The van der Waals surface area contributed by atoms with E-state index in [-0.39, 0.29) is 12.5 Å². The average Bonchev–Trinajstić information content (AvgIpc) is 3.34. The van der Waals surface area contributed by atoms with Gasteiger partial charge in [0.25, 0.3) is 0 Å². The molecule has 140 valence electrons. The summed E-state index contributed by atoms with van der Waals surface area (Å²) in [5.74, 6) is 2.24. The maximum atomic E-state index is 12.5. The summed E-state index contributed by atoms with van der Waals surface area (Å²) in [4.78, 5) is 12.5. The molecular formula is C20H22N4O3. The Morgan fingerprint density at radius 3 is 2.85 bits per heavy atom. The van der Waals surface area contributed by atoms with E-state index in [0.29, 0.717) is 29.1 Å². The van der Waals surface area contributed by atoms with Gasteiger partial charge in [-0.25, -0.2) is 0 Å². The lowest BCUT2D eigenvalue weighted by atomic mass is 10.2. The predicted molar refractivity (Wildman–Crippen MR) is 101 cm³/mol. The third kappa shape index (κ3) is 3.58. The number of aromatic nitrogens is 3. The smallest absolute Gasteiger partial charge is 0.249 e. The first kappa shape index (κ1) is 17.3. The summed E-state index contributed by atoms with van der Waals surface area (Å²) in [7, 11) is 1.60. The highest BCUT2D eigenvalue weighted by Gasteiger charge is 2.30. The van der Waals surface area contributed by atoms with Crippen LogP contribution in [0, 0.1) is 13.8 Å².